The molecule has 1 aliphatic heterocycles. The number of amides is 1. The van der Waals surface area contributed by atoms with Crippen molar-refractivity contribution in [1.82, 2.24) is 15.6 Å². The van der Waals surface area contributed by atoms with Crippen LogP contribution in [0.5, 0.6) is 0 Å². The van der Waals surface area contributed by atoms with Gasteiger partial charge in [0.15, 0.2) is 11.4 Å². The summed E-state index contributed by atoms with van der Waals surface area (Å²) in [6.07, 6.45) is 2.01. The van der Waals surface area contributed by atoms with Crippen LogP contribution < -0.4 is 10.6 Å². The zero-order valence-electron chi connectivity index (χ0n) is 10.2. The molecule has 0 atom stereocenters. The number of aromatic nitrogens is 2. The first kappa shape index (κ1) is 11.6. The van der Waals surface area contributed by atoms with E-state index in [1.807, 2.05) is 0 Å². The highest BCUT2D eigenvalue weighted by Gasteiger charge is 2.15. The maximum absolute atomic E-state index is 12.1. The lowest BCUT2D eigenvalue weighted by Gasteiger charge is -2.08. The van der Waals surface area contributed by atoms with Crippen LogP contribution in [-0.4, -0.2) is 35.1 Å². The molecular formula is C12H13N5O2. The molecule has 1 aromatic heterocycles. The molecule has 0 aliphatic carbocycles. The third-order valence-corrected chi connectivity index (χ3v) is 2.90. The summed E-state index contributed by atoms with van der Waals surface area (Å²) in [7, 11) is 0. The highest BCUT2D eigenvalue weighted by Crippen LogP contribution is 2.19. The van der Waals surface area contributed by atoms with Crippen LogP contribution in [-0.2, 0) is 4.79 Å². The molecule has 1 aromatic carbocycles. The van der Waals surface area contributed by atoms with Crippen LogP contribution in [0, 0.1) is 0 Å². The molecule has 2 aromatic rings. The lowest BCUT2D eigenvalue weighted by atomic mass is 10.2. The van der Waals surface area contributed by atoms with Gasteiger partial charge >= 0.3 is 0 Å². The minimum Gasteiger partial charge on any atom is -0.366 e. The Kier molecular flexibility index (Phi) is 3.09. The third-order valence-electron chi connectivity index (χ3n) is 2.90. The van der Waals surface area contributed by atoms with Crippen molar-refractivity contribution in [2.24, 2.45) is 4.99 Å². The molecule has 98 valence electrons. The monoisotopic (exact) mass is 259 g/mol. The fraction of sp³-hybridized carbons (Fsp3) is 0.333. The van der Waals surface area contributed by atoms with Gasteiger partial charge in [-0.15, -0.1) is 0 Å². The molecule has 3 rings (SSSR count). The van der Waals surface area contributed by atoms with E-state index in [-0.39, 0.29) is 5.91 Å². The quantitative estimate of drug-likeness (QED) is 0.837. The number of benzene rings is 1. The molecule has 1 amide bonds. The van der Waals surface area contributed by atoms with Gasteiger partial charge in [-0.2, -0.15) is 0 Å². The number of hydrogen-bond acceptors (Lipinski definition) is 6. The Balaban J connectivity index is 1.82. The summed E-state index contributed by atoms with van der Waals surface area (Å²) < 4.78 is 4.66. The predicted molar refractivity (Wildman–Crippen MR) is 70.0 cm³/mol. The van der Waals surface area contributed by atoms with Gasteiger partial charge < -0.3 is 10.6 Å². The lowest BCUT2D eigenvalue weighted by molar-refractivity contribution is -0.110. The summed E-state index contributed by atoms with van der Waals surface area (Å²) >= 11 is 0. The molecular weight excluding hydrogens is 246 g/mol. The zero-order chi connectivity index (χ0) is 13.1. The fourth-order valence-electron chi connectivity index (χ4n) is 1.93. The summed E-state index contributed by atoms with van der Waals surface area (Å²) in [5.74, 6) is 0.100. The van der Waals surface area contributed by atoms with Crippen LogP contribution in [0.15, 0.2) is 27.8 Å². The van der Waals surface area contributed by atoms with Crippen molar-refractivity contribution in [3.05, 3.63) is 18.2 Å². The second kappa shape index (κ2) is 5.05. The van der Waals surface area contributed by atoms with Crippen molar-refractivity contribution in [3.63, 3.8) is 0 Å². The van der Waals surface area contributed by atoms with Crippen molar-refractivity contribution >= 4 is 28.5 Å². The van der Waals surface area contributed by atoms with Crippen molar-refractivity contribution in [2.45, 2.75) is 12.8 Å². The lowest BCUT2D eigenvalue weighted by Crippen LogP contribution is -2.35. The summed E-state index contributed by atoms with van der Waals surface area (Å²) in [5.41, 5.74) is 1.70. The number of amidine groups is 1. The Morgan fingerprint density at radius 1 is 1.32 bits per heavy atom. The molecule has 0 saturated carbocycles. The highest BCUT2D eigenvalue weighted by molar-refractivity contribution is 6.42. The molecule has 0 fully saturated rings. The largest absolute Gasteiger partial charge is 0.366 e. The molecule has 0 radical (unpaired) electrons. The molecule has 1 aliphatic rings. The first-order valence-electron chi connectivity index (χ1n) is 6.15. The number of rotatable bonds is 2. The average Bonchev–Trinajstić information content (AvgIpc) is 2.73. The van der Waals surface area contributed by atoms with Gasteiger partial charge in [-0.25, -0.2) is 4.63 Å². The van der Waals surface area contributed by atoms with E-state index in [2.05, 4.69) is 30.6 Å². The highest BCUT2D eigenvalue weighted by atomic mass is 16.6. The topological polar surface area (TPSA) is 92.4 Å². The minimum absolute atomic E-state index is 0.266. The number of hydrogen-bond donors (Lipinski definition) is 2. The van der Waals surface area contributed by atoms with E-state index >= 15 is 0 Å². The average molecular weight is 259 g/mol. The SMILES string of the molecule is O=C(Nc1cccc2nonc12)C1=NCCCCN1. The number of fused-ring (bicyclic) bond motifs is 1. The van der Waals surface area contributed by atoms with E-state index in [9.17, 15) is 4.79 Å². The van der Waals surface area contributed by atoms with E-state index in [0.717, 1.165) is 19.4 Å². The Morgan fingerprint density at radius 3 is 3.21 bits per heavy atom. The molecule has 19 heavy (non-hydrogen) atoms. The Hall–Kier alpha value is -2.44. The minimum atomic E-state index is -0.266. The van der Waals surface area contributed by atoms with Crippen LogP contribution in [0.3, 0.4) is 0 Å². The van der Waals surface area contributed by atoms with Gasteiger partial charge in [-0.3, -0.25) is 9.79 Å². The van der Waals surface area contributed by atoms with Crippen molar-refractivity contribution in [2.75, 3.05) is 18.4 Å². The van der Waals surface area contributed by atoms with Crippen LogP contribution in [0.4, 0.5) is 5.69 Å². The van der Waals surface area contributed by atoms with E-state index in [1.165, 1.54) is 0 Å². The summed E-state index contributed by atoms with van der Waals surface area (Å²) in [6, 6.07) is 5.30. The first-order chi connectivity index (χ1) is 9.34. The molecule has 0 spiro atoms. The second-order valence-corrected chi connectivity index (χ2v) is 4.26. The van der Waals surface area contributed by atoms with E-state index in [0.29, 0.717) is 29.1 Å². The number of aliphatic imine (C=N–C) groups is 1. The van der Waals surface area contributed by atoms with Gasteiger partial charge in [0.05, 0.1) is 5.69 Å². The number of carbonyl (C=O) groups excluding carboxylic acids is 1. The van der Waals surface area contributed by atoms with Gasteiger partial charge in [-0.05, 0) is 35.3 Å². The van der Waals surface area contributed by atoms with Gasteiger partial charge in [0.1, 0.15) is 5.52 Å². The number of anilines is 1. The Bertz CT molecular complexity index is 634. The van der Waals surface area contributed by atoms with Crippen molar-refractivity contribution < 1.29 is 9.42 Å². The summed E-state index contributed by atoms with van der Waals surface area (Å²) in [5, 5.41) is 13.3. The normalized spacial score (nSPS) is 15.5. The molecule has 2 heterocycles. The number of nitrogens with zero attached hydrogens (tertiary/aromatic N) is 3. The predicted octanol–water partition coefficient (Wildman–Crippen LogP) is 0.943. The molecule has 0 bridgehead atoms. The maximum Gasteiger partial charge on any atom is 0.290 e. The van der Waals surface area contributed by atoms with Crippen molar-refractivity contribution in [1.29, 1.82) is 0 Å². The Labute approximate surface area is 109 Å². The van der Waals surface area contributed by atoms with Crippen LogP contribution >= 0.6 is 0 Å². The zero-order valence-corrected chi connectivity index (χ0v) is 10.2. The first-order valence-corrected chi connectivity index (χ1v) is 6.15. The summed E-state index contributed by atoms with van der Waals surface area (Å²) in [4.78, 5) is 16.3. The van der Waals surface area contributed by atoms with Gasteiger partial charge in [-0.1, -0.05) is 6.07 Å². The second-order valence-electron chi connectivity index (χ2n) is 4.26. The van der Waals surface area contributed by atoms with Crippen LogP contribution in [0.25, 0.3) is 11.0 Å². The smallest absolute Gasteiger partial charge is 0.290 e. The van der Waals surface area contributed by atoms with E-state index < -0.39 is 0 Å². The van der Waals surface area contributed by atoms with Crippen LogP contribution in [0.1, 0.15) is 12.8 Å². The maximum atomic E-state index is 12.1. The molecule has 0 saturated heterocycles. The fourth-order valence-corrected chi connectivity index (χ4v) is 1.93. The Morgan fingerprint density at radius 2 is 2.26 bits per heavy atom. The number of carbonyl (C=O) groups is 1. The molecule has 7 nitrogen and oxygen atoms in total. The van der Waals surface area contributed by atoms with Gasteiger partial charge in [0, 0.05) is 13.1 Å². The molecule has 7 heteroatoms. The summed E-state index contributed by atoms with van der Waals surface area (Å²) in [6.45, 7) is 1.44. The molecule has 0 unspecified atom stereocenters. The van der Waals surface area contributed by atoms with Gasteiger partial charge in [0.25, 0.3) is 5.91 Å². The molecule has 2 N–H and O–H groups in total. The standard InChI is InChI=1S/C12H13N5O2/c18-12(11-13-6-1-2-7-14-11)15-8-4-3-5-9-10(8)17-19-16-9/h3-5H,1-2,6-7H2,(H,13,14)(H,15,18). The van der Waals surface area contributed by atoms with Gasteiger partial charge in [0.2, 0.25) is 0 Å². The third kappa shape index (κ3) is 2.40. The van der Waals surface area contributed by atoms with Crippen molar-refractivity contribution in [3.8, 4) is 0 Å². The van der Waals surface area contributed by atoms with Crippen LogP contribution in [0.2, 0.25) is 0 Å². The van der Waals surface area contributed by atoms with E-state index in [1.54, 1.807) is 18.2 Å². The number of nitrogens with one attached hydrogen (secondary N) is 2. The van der Waals surface area contributed by atoms with E-state index in [4.69, 9.17) is 0 Å².